The van der Waals surface area contributed by atoms with Crippen LogP contribution in [0.2, 0.25) is 0 Å². The molecule has 5 aromatic rings. The molecule has 0 radical (unpaired) electrons. The maximum Gasteiger partial charge on any atom is 0.115 e. The minimum atomic E-state index is 0.322. The van der Waals surface area contributed by atoms with Gasteiger partial charge in [-0.15, -0.1) is 0 Å². The first-order valence-electron chi connectivity index (χ1n) is 11.2. The Balaban J connectivity index is 0.000000213. The van der Waals surface area contributed by atoms with Crippen LogP contribution < -0.4 is 0 Å². The molecule has 1 aromatic heterocycles. The summed E-state index contributed by atoms with van der Waals surface area (Å²) in [5, 5.41) is 8.63. The predicted octanol–water partition coefficient (Wildman–Crippen LogP) is 8.46. The molecule has 1 heterocycles. The van der Waals surface area contributed by atoms with Gasteiger partial charge in [0.1, 0.15) is 5.75 Å². The summed E-state index contributed by atoms with van der Waals surface area (Å²) in [7, 11) is 0. The SMILES string of the molecule is Cc1ccccc1.Cc1ccccc1C.Oc1ccccc1.c1ccccc1.c1ccncc1. The molecule has 0 unspecified atom stereocenters. The number of rotatable bonds is 0. The summed E-state index contributed by atoms with van der Waals surface area (Å²) >= 11 is 0. The molecule has 0 saturated heterocycles. The Morgan fingerprint density at radius 3 is 0.941 bits per heavy atom. The molecule has 0 spiro atoms. The van der Waals surface area contributed by atoms with E-state index in [9.17, 15) is 0 Å². The molecule has 0 saturated carbocycles. The Bertz CT molecular complexity index is 923. The van der Waals surface area contributed by atoms with Gasteiger partial charge in [-0.2, -0.15) is 0 Å². The third-order valence-electron chi connectivity index (χ3n) is 4.36. The van der Waals surface area contributed by atoms with E-state index in [2.05, 4.69) is 62.2 Å². The molecule has 0 aliphatic heterocycles. The molecule has 1 N–H and O–H groups in total. The molecule has 174 valence electrons. The molecule has 0 amide bonds. The van der Waals surface area contributed by atoms with Crippen LogP contribution >= 0.6 is 0 Å². The van der Waals surface area contributed by atoms with Crippen molar-refractivity contribution in [2.45, 2.75) is 20.8 Å². The minimum absolute atomic E-state index is 0.322. The molecule has 2 heteroatoms. The molecular weight excluding hydrogens is 414 g/mol. The molecule has 0 bridgehead atoms. The number of aryl methyl sites for hydroxylation is 3. The first-order chi connectivity index (χ1) is 16.6. The van der Waals surface area contributed by atoms with Crippen LogP contribution in [0.4, 0.5) is 0 Å². The fraction of sp³-hybridized carbons (Fsp3) is 0.0938. The first kappa shape index (κ1) is 27.9. The first-order valence-corrected chi connectivity index (χ1v) is 11.2. The van der Waals surface area contributed by atoms with E-state index < -0.39 is 0 Å². The van der Waals surface area contributed by atoms with Gasteiger partial charge in [-0.25, -0.2) is 0 Å². The average molecular weight is 450 g/mol. The van der Waals surface area contributed by atoms with Crippen molar-refractivity contribution >= 4 is 0 Å². The fourth-order valence-corrected chi connectivity index (χ4v) is 2.32. The molecular formula is C32H35NO. The van der Waals surface area contributed by atoms with Crippen LogP contribution in [0.1, 0.15) is 16.7 Å². The minimum Gasteiger partial charge on any atom is -0.508 e. The number of hydrogen-bond donors (Lipinski definition) is 1. The zero-order valence-electron chi connectivity index (χ0n) is 20.3. The van der Waals surface area contributed by atoms with Crippen molar-refractivity contribution in [3.05, 3.63) is 169 Å². The zero-order chi connectivity index (χ0) is 24.7. The largest absolute Gasteiger partial charge is 0.508 e. The fourth-order valence-electron chi connectivity index (χ4n) is 2.32. The number of para-hydroxylation sites is 1. The van der Waals surface area contributed by atoms with E-state index in [4.69, 9.17) is 5.11 Å². The van der Waals surface area contributed by atoms with Crippen LogP contribution in [0.25, 0.3) is 0 Å². The van der Waals surface area contributed by atoms with E-state index in [0.29, 0.717) is 5.75 Å². The van der Waals surface area contributed by atoms with Gasteiger partial charge in [-0.05, 0) is 56.2 Å². The number of nitrogens with zero attached hydrogens (tertiary/aromatic N) is 1. The van der Waals surface area contributed by atoms with Crippen LogP contribution in [0.15, 0.2) is 152 Å². The lowest BCUT2D eigenvalue weighted by atomic mass is 10.1. The van der Waals surface area contributed by atoms with E-state index in [1.54, 1.807) is 36.7 Å². The molecule has 34 heavy (non-hydrogen) atoms. The lowest BCUT2D eigenvalue weighted by molar-refractivity contribution is 0.475. The van der Waals surface area contributed by atoms with Crippen molar-refractivity contribution in [3.63, 3.8) is 0 Å². The lowest BCUT2D eigenvalue weighted by Gasteiger charge is -1.93. The summed E-state index contributed by atoms with van der Waals surface area (Å²) in [5.74, 6) is 0.322. The van der Waals surface area contributed by atoms with Gasteiger partial charge in [0.2, 0.25) is 0 Å². The summed E-state index contributed by atoms with van der Waals surface area (Å²) in [4.78, 5) is 3.78. The Morgan fingerprint density at radius 1 is 0.412 bits per heavy atom. The third-order valence-corrected chi connectivity index (χ3v) is 4.36. The summed E-state index contributed by atoms with van der Waals surface area (Å²) in [6.07, 6.45) is 3.50. The summed E-state index contributed by atoms with van der Waals surface area (Å²) in [6, 6.07) is 45.0. The Kier molecular flexibility index (Phi) is 16.0. The van der Waals surface area contributed by atoms with Crippen LogP contribution in [0.5, 0.6) is 5.75 Å². The second-order valence-corrected chi connectivity index (χ2v) is 7.25. The maximum atomic E-state index is 8.63. The topological polar surface area (TPSA) is 33.1 Å². The predicted molar refractivity (Wildman–Crippen MR) is 146 cm³/mol. The van der Waals surface area contributed by atoms with Crippen LogP contribution in [-0.2, 0) is 0 Å². The Morgan fingerprint density at radius 2 is 0.735 bits per heavy atom. The maximum absolute atomic E-state index is 8.63. The highest BCUT2D eigenvalue weighted by Gasteiger charge is 1.83. The number of phenols is 1. The van der Waals surface area contributed by atoms with Crippen LogP contribution in [-0.4, -0.2) is 10.1 Å². The summed E-state index contributed by atoms with van der Waals surface area (Å²) in [6.45, 7) is 6.32. The smallest absolute Gasteiger partial charge is 0.115 e. The van der Waals surface area contributed by atoms with Gasteiger partial charge in [0, 0.05) is 12.4 Å². The highest BCUT2D eigenvalue weighted by Crippen LogP contribution is 2.03. The van der Waals surface area contributed by atoms with E-state index >= 15 is 0 Å². The Hall–Kier alpha value is -4.17. The quantitative estimate of drug-likeness (QED) is 0.257. The Labute approximate surface area is 205 Å². The number of aromatic hydroxyl groups is 1. The normalized spacial score (nSPS) is 8.56. The van der Waals surface area contributed by atoms with Gasteiger partial charge in [0.05, 0.1) is 0 Å². The van der Waals surface area contributed by atoms with Gasteiger partial charge in [0.25, 0.3) is 0 Å². The lowest BCUT2D eigenvalue weighted by Crippen LogP contribution is -1.74. The van der Waals surface area contributed by atoms with E-state index in [-0.39, 0.29) is 0 Å². The van der Waals surface area contributed by atoms with Gasteiger partial charge in [0.15, 0.2) is 0 Å². The van der Waals surface area contributed by atoms with E-state index in [1.165, 1.54) is 16.7 Å². The van der Waals surface area contributed by atoms with Gasteiger partial charge < -0.3 is 5.11 Å². The van der Waals surface area contributed by atoms with Crippen molar-refractivity contribution < 1.29 is 5.11 Å². The van der Waals surface area contributed by atoms with Crippen molar-refractivity contribution in [2.75, 3.05) is 0 Å². The number of phenolic OH excluding ortho intramolecular Hbond substituents is 1. The monoisotopic (exact) mass is 449 g/mol. The second kappa shape index (κ2) is 19.5. The number of hydrogen-bond acceptors (Lipinski definition) is 2. The zero-order valence-corrected chi connectivity index (χ0v) is 20.3. The van der Waals surface area contributed by atoms with Crippen LogP contribution in [0, 0.1) is 20.8 Å². The van der Waals surface area contributed by atoms with Gasteiger partial charge in [-0.3, -0.25) is 4.98 Å². The third kappa shape index (κ3) is 16.5. The second-order valence-electron chi connectivity index (χ2n) is 7.25. The highest BCUT2D eigenvalue weighted by molar-refractivity contribution is 5.23. The molecule has 0 atom stereocenters. The number of pyridine rings is 1. The van der Waals surface area contributed by atoms with E-state index in [1.807, 2.05) is 78.9 Å². The highest BCUT2D eigenvalue weighted by atomic mass is 16.3. The van der Waals surface area contributed by atoms with Gasteiger partial charge in [-0.1, -0.05) is 121 Å². The van der Waals surface area contributed by atoms with Gasteiger partial charge >= 0.3 is 0 Å². The van der Waals surface area contributed by atoms with Crippen molar-refractivity contribution in [3.8, 4) is 5.75 Å². The molecule has 4 aromatic carbocycles. The number of aromatic nitrogens is 1. The molecule has 0 aliphatic carbocycles. The molecule has 5 rings (SSSR count). The average Bonchev–Trinajstić information content (AvgIpc) is 2.90. The molecule has 0 fully saturated rings. The molecule has 0 aliphatic rings. The van der Waals surface area contributed by atoms with Crippen molar-refractivity contribution in [2.24, 2.45) is 0 Å². The van der Waals surface area contributed by atoms with Crippen LogP contribution in [0.3, 0.4) is 0 Å². The molecule has 2 nitrogen and oxygen atoms in total. The van der Waals surface area contributed by atoms with Crippen molar-refractivity contribution in [1.82, 2.24) is 4.98 Å². The number of benzene rings is 4. The standard InChI is InChI=1S/C8H10.C7H8.C6H6O.C6H6.C5H5N/c1-7-5-3-4-6-8(7)2;1-7-5-3-2-4-6-7;7-6-4-2-1-3-5-6;2*1-2-4-6-5-3-1/h3-6H,1-2H3;2-6H,1H3;1-5,7H;1-6H;1-5H. The summed E-state index contributed by atoms with van der Waals surface area (Å²) in [5.41, 5.74) is 4.06. The van der Waals surface area contributed by atoms with E-state index in [0.717, 1.165) is 0 Å². The summed E-state index contributed by atoms with van der Waals surface area (Å²) < 4.78 is 0. The van der Waals surface area contributed by atoms with Crippen molar-refractivity contribution in [1.29, 1.82) is 0 Å².